The van der Waals surface area contributed by atoms with Gasteiger partial charge in [0.2, 0.25) is 0 Å². The van der Waals surface area contributed by atoms with Gasteiger partial charge in [-0.2, -0.15) is 74.6 Å². The minimum absolute atomic E-state index is 0.689. The zero-order chi connectivity index (χ0) is 38.0. The van der Waals surface area contributed by atoms with Gasteiger partial charge in [-0.25, -0.2) is 0 Å². The summed E-state index contributed by atoms with van der Waals surface area (Å²) in [6.07, 6.45) is -10.8. The minimum atomic E-state index is -8.76. The maximum atomic E-state index is 14.7. The molecule has 0 unspecified atom stereocenters. The molecule has 284 valence electrons. The van der Waals surface area contributed by atoms with Gasteiger partial charge in [0, 0.05) is 54.1 Å². The van der Waals surface area contributed by atoms with Crippen LogP contribution in [0.2, 0.25) is 6.04 Å². The Morgan fingerprint density at radius 3 is 1.13 bits per heavy atom. The van der Waals surface area contributed by atoms with Crippen molar-refractivity contribution >= 4 is 26.9 Å². The lowest BCUT2D eigenvalue weighted by atomic mass is 9.88. The van der Waals surface area contributed by atoms with Crippen LogP contribution in [0, 0.1) is 0 Å². The summed E-state index contributed by atoms with van der Waals surface area (Å²) in [5.74, 6) is -57.5. The molecule has 29 heteroatoms. The van der Waals surface area contributed by atoms with Gasteiger partial charge in [0.05, 0.1) is 0 Å². The summed E-state index contributed by atoms with van der Waals surface area (Å²) in [7, 11) is -12.2. The third kappa shape index (κ3) is 8.20. The summed E-state index contributed by atoms with van der Waals surface area (Å²) >= 11 is 0. The van der Waals surface area contributed by atoms with E-state index >= 15 is 0 Å². The highest BCUT2D eigenvalue weighted by molar-refractivity contribution is 6.76. The standard InChI is InChI=1S/C18H27F17O9Si3/c1-7-41-45(42-8-2,43-47(39-5,40-6)44-46(36,37-3)38-4)10-9-11(19,20)12(21,22)13(23,24)14(25,26)15(27,28)16(29,30)17(31,32)18(33,34)35/h36H,7-10H2,1-6H3. The Bertz CT molecular complexity index is 1010. The molecular formula is C18H27F17O9Si3. The molecule has 0 heterocycles. The van der Waals surface area contributed by atoms with Gasteiger partial charge in [-0.3, -0.25) is 0 Å². The lowest BCUT2D eigenvalue weighted by Gasteiger charge is -2.43. The predicted molar refractivity (Wildman–Crippen MR) is 123 cm³/mol. The van der Waals surface area contributed by atoms with E-state index in [1.807, 2.05) is 0 Å². The first-order chi connectivity index (χ1) is 20.7. The van der Waals surface area contributed by atoms with E-state index in [-0.39, 0.29) is 0 Å². The van der Waals surface area contributed by atoms with E-state index in [2.05, 4.69) is 8.85 Å². The first-order valence-corrected chi connectivity index (χ1v) is 17.3. The molecule has 0 radical (unpaired) electrons. The fourth-order valence-corrected chi connectivity index (χ4v) is 11.6. The van der Waals surface area contributed by atoms with Gasteiger partial charge < -0.3 is 39.6 Å². The maximum Gasteiger partial charge on any atom is 0.670 e. The van der Waals surface area contributed by atoms with Crippen LogP contribution in [0.3, 0.4) is 0 Å². The highest BCUT2D eigenvalue weighted by atomic mass is 28.5. The van der Waals surface area contributed by atoms with Crippen LogP contribution in [-0.2, 0) is 34.8 Å². The highest BCUT2D eigenvalue weighted by Crippen LogP contribution is 2.64. The molecule has 47 heavy (non-hydrogen) atoms. The quantitative estimate of drug-likeness (QED) is 0.113. The van der Waals surface area contributed by atoms with Gasteiger partial charge in [-0.05, 0) is 13.8 Å². The molecule has 0 spiro atoms. The van der Waals surface area contributed by atoms with Crippen LogP contribution in [0.5, 0.6) is 0 Å². The van der Waals surface area contributed by atoms with Crippen LogP contribution in [-0.4, -0.2) is 121 Å². The van der Waals surface area contributed by atoms with Crippen molar-refractivity contribution in [3.05, 3.63) is 0 Å². The van der Waals surface area contributed by atoms with Crippen LogP contribution in [0.25, 0.3) is 0 Å². The summed E-state index contributed by atoms with van der Waals surface area (Å²) in [6.45, 7) is 0.740. The van der Waals surface area contributed by atoms with E-state index in [1.54, 1.807) is 0 Å². The van der Waals surface area contributed by atoms with Crippen molar-refractivity contribution in [1.82, 2.24) is 0 Å². The van der Waals surface area contributed by atoms with Gasteiger partial charge in [0.1, 0.15) is 0 Å². The van der Waals surface area contributed by atoms with Crippen LogP contribution >= 0.6 is 0 Å². The molecule has 0 aliphatic carbocycles. The molecular weight excluding hydrogens is 767 g/mol. The van der Waals surface area contributed by atoms with Gasteiger partial charge >= 0.3 is 74.5 Å². The average molecular weight is 795 g/mol. The highest BCUT2D eigenvalue weighted by Gasteiger charge is 2.95. The lowest BCUT2D eigenvalue weighted by molar-refractivity contribution is -0.461. The van der Waals surface area contributed by atoms with Gasteiger partial charge in [0.25, 0.3) is 0 Å². The van der Waals surface area contributed by atoms with Crippen molar-refractivity contribution in [1.29, 1.82) is 0 Å². The fourth-order valence-electron chi connectivity index (χ4n) is 3.19. The summed E-state index contributed by atoms with van der Waals surface area (Å²) in [4.78, 5) is 10.2. The largest absolute Gasteiger partial charge is 0.670 e. The van der Waals surface area contributed by atoms with Crippen LogP contribution in [0.15, 0.2) is 0 Å². The number of hydrogen-bond acceptors (Lipinski definition) is 9. The Morgan fingerprint density at radius 2 is 0.830 bits per heavy atom. The Morgan fingerprint density at radius 1 is 0.489 bits per heavy atom. The van der Waals surface area contributed by atoms with Gasteiger partial charge in [-0.1, -0.05) is 0 Å². The summed E-state index contributed by atoms with van der Waals surface area (Å²) < 4.78 is 272. The topological polar surface area (TPSA) is 94.1 Å². The Labute approximate surface area is 257 Å². The SMILES string of the molecule is CCO[Si](CCC(F)(F)C(F)(F)C(F)(F)C(F)(F)C(F)(F)C(F)(F)C(F)(F)C(F)(F)F)(OCC)O[Si](OC)(OC)O[Si](O)(OC)OC. The molecule has 9 nitrogen and oxygen atoms in total. The monoisotopic (exact) mass is 794 g/mol. The Kier molecular flexibility index (Phi) is 14.5. The first-order valence-electron chi connectivity index (χ1n) is 12.1. The Hall–Kier alpha value is -0.899. The van der Waals surface area contributed by atoms with E-state index in [0.29, 0.717) is 14.2 Å². The van der Waals surface area contributed by atoms with E-state index in [0.717, 1.165) is 28.1 Å². The van der Waals surface area contributed by atoms with Crippen molar-refractivity contribution in [3.63, 3.8) is 0 Å². The molecule has 0 atom stereocenters. The minimum Gasteiger partial charge on any atom is -0.374 e. The first kappa shape index (κ1) is 46.1. The smallest absolute Gasteiger partial charge is 0.374 e. The number of alkyl halides is 17. The summed E-state index contributed by atoms with van der Waals surface area (Å²) in [5.41, 5.74) is 0. The predicted octanol–water partition coefficient (Wildman–Crippen LogP) is 5.88. The second-order valence-electron chi connectivity index (χ2n) is 8.74. The second kappa shape index (κ2) is 14.8. The molecule has 0 amide bonds. The molecule has 0 fully saturated rings. The molecule has 1 N–H and O–H groups in total. The number of hydrogen-bond donors (Lipinski definition) is 1. The van der Waals surface area contributed by atoms with Crippen LogP contribution < -0.4 is 0 Å². The molecule has 0 bridgehead atoms. The third-order valence-corrected chi connectivity index (χ3v) is 14.4. The van der Waals surface area contributed by atoms with Gasteiger partial charge in [0.15, 0.2) is 0 Å². The zero-order valence-corrected chi connectivity index (χ0v) is 27.5. The van der Waals surface area contributed by atoms with Crippen LogP contribution in [0.4, 0.5) is 74.6 Å². The Balaban J connectivity index is 6.95. The molecule has 0 aromatic carbocycles. The van der Waals surface area contributed by atoms with Gasteiger partial charge in [-0.15, -0.1) is 0 Å². The van der Waals surface area contributed by atoms with E-state index < -0.39 is 100 Å². The molecule has 0 aromatic heterocycles. The van der Waals surface area contributed by atoms with Crippen molar-refractivity contribution in [2.24, 2.45) is 0 Å². The molecule has 0 aliphatic heterocycles. The lowest BCUT2D eigenvalue weighted by Crippen LogP contribution is -2.74. The van der Waals surface area contributed by atoms with Crippen molar-refractivity contribution in [3.8, 4) is 0 Å². The molecule has 0 aromatic rings. The van der Waals surface area contributed by atoms with E-state index in [4.69, 9.17) is 25.9 Å². The molecule has 0 saturated heterocycles. The normalized spacial score (nSPS) is 15.8. The maximum absolute atomic E-state index is 14.7. The fraction of sp³-hybridized carbons (Fsp3) is 1.00. The van der Waals surface area contributed by atoms with Crippen molar-refractivity contribution in [2.75, 3.05) is 41.7 Å². The van der Waals surface area contributed by atoms with E-state index in [1.165, 1.54) is 0 Å². The third-order valence-electron chi connectivity index (χ3n) is 5.81. The average Bonchev–Trinajstić information content (AvgIpc) is 2.94. The second-order valence-corrected chi connectivity index (χ2v) is 16.5. The summed E-state index contributed by atoms with van der Waals surface area (Å²) in [6, 6.07) is -1.93. The van der Waals surface area contributed by atoms with Crippen molar-refractivity contribution in [2.45, 2.75) is 73.9 Å². The summed E-state index contributed by atoms with van der Waals surface area (Å²) in [5, 5.41) is 0. The number of halogens is 17. The molecule has 0 saturated carbocycles. The molecule has 0 aliphatic rings. The van der Waals surface area contributed by atoms with Crippen LogP contribution in [0.1, 0.15) is 20.3 Å². The van der Waals surface area contributed by atoms with Crippen molar-refractivity contribution < 1.29 is 114 Å². The number of rotatable bonds is 21. The molecule has 0 rings (SSSR count). The zero-order valence-electron chi connectivity index (χ0n) is 24.5. The van der Waals surface area contributed by atoms with E-state index in [9.17, 15) is 79.4 Å².